The van der Waals surface area contributed by atoms with Crippen LogP contribution in [0.5, 0.6) is 0 Å². The number of aromatic amines is 1. The molecule has 52 heavy (non-hydrogen) atoms. The number of aromatic nitrogens is 4. The van der Waals surface area contributed by atoms with Crippen LogP contribution in [0.25, 0.3) is 11.2 Å². The molecule has 0 spiro atoms. The number of benzene rings is 1. The standard InChI is InChI=1S/C34H50N10O8/c1-33(2,12-14-35)52-18-13-34(3,4)51-17-11-26(46)38-16-15-37-25(45)10-9-24(31(49)50)42-29(47)21-5-7-22(8-6-21)39-19-23-20-40-28-27(41-23)30(48)44-32(36)43-28/h5-8,20,24,39H,9-19,35H2,1-4H3,(H,37,45)(H,38,46)(H,42,47)(H,49,50)(H3,36,40,43,44,48). The highest BCUT2D eigenvalue weighted by atomic mass is 16.5. The molecular formula is C34H50N10O8. The van der Waals surface area contributed by atoms with Crippen molar-refractivity contribution in [3.05, 3.63) is 52.1 Å². The van der Waals surface area contributed by atoms with Gasteiger partial charge in [-0.15, -0.1) is 0 Å². The van der Waals surface area contributed by atoms with E-state index >= 15 is 0 Å². The zero-order valence-corrected chi connectivity index (χ0v) is 30.0. The topological polar surface area (TPSA) is 279 Å². The number of aliphatic carboxylic acids is 1. The number of nitrogen functional groups attached to an aromatic ring is 1. The van der Waals surface area contributed by atoms with Crippen molar-refractivity contribution in [2.75, 3.05) is 43.9 Å². The van der Waals surface area contributed by atoms with Crippen molar-refractivity contribution in [2.45, 2.75) is 83.6 Å². The molecule has 0 saturated carbocycles. The molecule has 0 radical (unpaired) electrons. The number of carbonyl (C=O) groups is 4. The average Bonchev–Trinajstić information content (AvgIpc) is 3.07. The highest BCUT2D eigenvalue weighted by Crippen LogP contribution is 2.19. The summed E-state index contributed by atoms with van der Waals surface area (Å²) >= 11 is 0. The van der Waals surface area contributed by atoms with Crippen molar-refractivity contribution in [3.63, 3.8) is 0 Å². The highest BCUT2D eigenvalue weighted by Gasteiger charge is 2.23. The van der Waals surface area contributed by atoms with E-state index in [9.17, 15) is 29.1 Å². The van der Waals surface area contributed by atoms with E-state index in [1.165, 1.54) is 18.3 Å². The summed E-state index contributed by atoms with van der Waals surface area (Å²) in [6, 6.07) is 4.96. The number of anilines is 2. The first-order valence-corrected chi connectivity index (χ1v) is 17.0. The SMILES string of the molecule is CC(C)(CCN)OCCC(C)(C)OCCC(=O)NCCNC(=O)CCC(NC(=O)c1ccc(NCc2cnc3nc(N)[nH]c(=O)c3n2)cc1)C(=O)O. The van der Waals surface area contributed by atoms with E-state index in [1.807, 2.05) is 27.7 Å². The van der Waals surface area contributed by atoms with Gasteiger partial charge in [0.1, 0.15) is 6.04 Å². The molecule has 0 bridgehead atoms. The van der Waals surface area contributed by atoms with Crippen LogP contribution in [0.2, 0.25) is 0 Å². The van der Waals surface area contributed by atoms with Gasteiger partial charge < -0.3 is 47.3 Å². The third kappa shape index (κ3) is 14.2. The van der Waals surface area contributed by atoms with E-state index < -0.39 is 35.0 Å². The molecule has 3 rings (SSSR count). The number of nitrogens with one attached hydrogen (secondary N) is 5. The molecule has 18 heteroatoms. The number of hydrogen-bond acceptors (Lipinski definition) is 13. The van der Waals surface area contributed by atoms with Gasteiger partial charge in [-0.2, -0.15) is 4.98 Å². The van der Waals surface area contributed by atoms with Gasteiger partial charge in [0.15, 0.2) is 11.2 Å². The molecule has 1 atom stereocenters. The smallest absolute Gasteiger partial charge is 0.326 e. The Labute approximate surface area is 301 Å². The first-order valence-electron chi connectivity index (χ1n) is 17.0. The molecule has 0 aliphatic heterocycles. The van der Waals surface area contributed by atoms with Crippen molar-refractivity contribution < 1.29 is 33.8 Å². The Morgan fingerprint density at radius 2 is 1.56 bits per heavy atom. The Kier molecular flexibility index (Phi) is 15.4. The number of carbonyl (C=O) groups excluding carboxylic acids is 3. The Bertz CT molecular complexity index is 1730. The fraction of sp³-hybridized carbons (Fsp3) is 0.529. The second-order valence-corrected chi connectivity index (χ2v) is 13.3. The van der Waals surface area contributed by atoms with Gasteiger partial charge in [0.05, 0.1) is 42.9 Å². The van der Waals surface area contributed by atoms with Gasteiger partial charge in [0.25, 0.3) is 11.5 Å². The maximum Gasteiger partial charge on any atom is 0.326 e. The van der Waals surface area contributed by atoms with Crippen LogP contribution in [0.3, 0.4) is 0 Å². The van der Waals surface area contributed by atoms with Gasteiger partial charge >= 0.3 is 5.97 Å². The van der Waals surface area contributed by atoms with E-state index in [-0.39, 0.29) is 79.7 Å². The quantitative estimate of drug-likeness (QED) is 0.0666. The molecule has 3 aromatic rings. The number of rotatable bonds is 22. The number of carboxylic acid groups (broad SMARTS) is 1. The zero-order chi connectivity index (χ0) is 38.3. The maximum absolute atomic E-state index is 12.8. The normalized spacial score (nSPS) is 12.2. The number of carboxylic acids is 1. The summed E-state index contributed by atoms with van der Waals surface area (Å²) in [5.41, 5.74) is 11.3. The lowest BCUT2D eigenvalue weighted by Crippen LogP contribution is -2.42. The van der Waals surface area contributed by atoms with Crippen LogP contribution in [-0.4, -0.2) is 98.8 Å². The Balaban J connectivity index is 1.33. The largest absolute Gasteiger partial charge is 0.480 e. The summed E-state index contributed by atoms with van der Waals surface area (Å²) < 4.78 is 11.8. The molecular weight excluding hydrogens is 676 g/mol. The fourth-order valence-corrected chi connectivity index (χ4v) is 4.83. The molecule has 0 aliphatic rings. The third-order valence-corrected chi connectivity index (χ3v) is 7.90. The lowest BCUT2D eigenvalue weighted by Gasteiger charge is -2.29. The van der Waals surface area contributed by atoms with E-state index in [0.29, 0.717) is 31.0 Å². The molecule has 18 nitrogen and oxygen atoms in total. The predicted octanol–water partition coefficient (Wildman–Crippen LogP) is 0.822. The fourth-order valence-electron chi connectivity index (χ4n) is 4.83. The number of amides is 3. The van der Waals surface area contributed by atoms with E-state index in [2.05, 4.69) is 41.2 Å². The Morgan fingerprint density at radius 1 is 0.923 bits per heavy atom. The summed E-state index contributed by atoms with van der Waals surface area (Å²) in [7, 11) is 0. The molecule has 284 valence electrons. The molecule has 2 aromatic heterocycles. The van der Waals surface area contributed by atoms with Crippen LogP contribution in [0.1, 0.15) is 75.9 Å². The highest BCUT2D eigenvalue weighted by molar-refractivity contribution is 5.97. The van der Waals surface area contributed by atoms with Crippen LogP contribution in [0, 0.1) is 0 Å². The Morgan fingerprint density at radius 3 is 2.21 bits per heavy atom. The van der Waals surface area contributed by atoms with Crippen LogP contribution in [0.15, 0.2) is 35.3 Å². The maximum atomic E-state index is 12.8. The summed E-state index contributed by atoms with van der Waals surface area (Å²) in [4.78, 5) is 75.8. The molecule has 1 unspecified atom stereocenters. The number of nitrogens with two attached hydrogens (primary N) is 2. The lowest BCUT2D eigenvalue weighted by molar-refractivity contribution is -0.139. The minimum Gasteiger partial charge on any atom is -0.480 e. The van der Waals surface area contributed by atoms with E-state index in [4.69, 9.17) is 20.9 Å². The minimum absolute atomic E-state index is 0.0498. The lowest BCUT2D eigenvalue weighted by atomic mass is 10.0. The van der Waals surface area contributed by atoms with Crippen molar-refractivity contribution >= 4 is 46.5 Å². The molecule has 0 saturated heterocycles. The van der Waals surface area contributed by atoms with Crippen LogP contribution in [0.4, 0.5) is 11.6 Å². The average molecular weight is 727 g/mol. The van der Waals surface area contributed by atoms with E-state index in [0.717, 1.165) is 6.42 Å². The first kappa shape index (κ1) is 41.2. The van der Waals surface area contributed by atoms with Gasteiger partial charge in [-0.25, -0.2) is 14.8 Å². The predicted molar refractivity (Wildman–Crippen MR) is 193 cm³/mol. The number of hydrogen-bond donors (Lipinski definition) is 8. The zero-order valence-electron chi connectivity index (χ0n) is 30.0. The molecule has 3 amide bonds. The second kappa shape index (κ2) is 19.4. The molecule has 0 fully saturated rings. The summed E-state index contributed by atoms with van der Waals surface area (Å²) in [6.45, 7) is 9.68. The summed E-state index contributed by atoms with van der Waals surface area (Å²) in [5.74, 6) is -2.62. The second-order valence-electron chi connectivity index (χ2n) is 13.3. The number of H-pyrrole nitrogens is 1. The van der Waals surface area contributed by atoms with Crippen LogP contribution < -0.4 is 38.3 Å². The number of ether oxygens (including phenoxy) is 2. The van der Waals surface area contributed by atoms with Crippen LogP contribution >= 0.6 is 0 Å². The van der Waals surface area contributed by atoms with Crippen molar-refractivity contribution in [2.24, 2.45) is 5.73 Å². The molecule has 1 aromatic carbocycles. The monoisotopic (exact) mass is 726 g/mol. The molecule has 0 aliphatic carbocycles. The van der Waals surface area contributed by atoms with E-state index in [1.54, 1.807) is 12.1 Å². The number of nitrogens with zero attached hydrogens (tertiary/aromatic N) is 3. The Hall–Kier alpha value is -5.20. The number of fused-ring (bicyclic) bond motifs is 1. The third-order valence-electron chi connectivity index (χ3n) is 7.90. The van der Waals surface area contributed by atoms with Gasteiger partial charge in [-0.3, -0.25) is 24.2 Å². The van der Waals surface area contributed by atoms with Crippen molar-refractivity contribution in [1.29, 1.82) is 0 Å². The van der Waals surface area contributed by atoms with Gasteiger partial charge in [0, 0.05) is 37.2 Å². The summed E-state index contributed by atoms with van der Waals surface area (Å²) in [5, 5.41) is 20.5. The van der Waals surface area contributed by atoms with Crippen molar-refractivity contribution in [1.82, 2.24) is 35.9 Å². The molecule has 10 N–H and O–H groups in total. The van der Waals surface area contributed by atoms with Gasteiger partial charge in [0.2, 0.25) is 17.8 Å². The minimum atomic E-state index is -1.30. The van der Waals surface area contributed by atoms with Gasteiger partial charge in [-0.05, 0) is 77.8 Å². The summed E-state index contributed by atoms with van der Waals surface area (Å²) in [6.07, 6.45) is 2.71. The molecule has 2 heterocycles. The van der Waals surface area contributed by atoms with Crippen LogP contribution in [-0.2, 0) is 30.4 Å². The van der Waals surface area contributed by atoms with Crippen molar-refractivity contribution in [3.8, 4) is 0 Å². The van der Waals surface area contributed by atoms with Gasteiger partial charge in [-0.1, -0.05) is 0 Å². The first-order chi connectivity index (χ1) is 24.6.